The van der Waals surface area contributed by atoms with Crippen LogP contribution in [0.5, 0.6) is 5.75 Å². The van der Waals surface area contributed by atoms with Crippen molar-refractivity contribution < 1.29 is 9.13 Å². The van der Waals surface area contributed by atoms with E-state index in [4.69, 9.17) is 4.74 Å². The number of ether oxygens (including phenoxy) is 1. The summed E-state index contributed by atoms with van der Waals surface area (Å²) in [6, 6.07) is 12.6. The molecular formula is C13H10BrFO. The van der Waals surface area contributed by atoms with E-state index in [1.165, 1.54) is 0 Å². The number of hydrogen-bond donors (Lipinski definition) is 0. The second-order valence-corrected chi connectivity index (χ2v) is 4.16. The molecule has 1 nitrogen and oxygen atoms in total. The SMILES string of the molecule is COc1ccccc1-c1cccc(Br)c1F. The first-order valence-electron chi connectivity index (χ1n) is 4.81. The van der Waals surface area contributed by atoms with Crippen molar-refractivity contribution in [2.75, 3.05) is 7.11 Å². The standard InChI is InChI=1S/C13H10BrFO/c1-16-12-8-3-2-5-9(12)10-6-4-7-11(14)13(10)15/h2-8H,1H3. The molecule has 0 aliphatic carbocycles. The molecule has 0 heterocycles. The second kappa shape index (κ2) is 4.66. The molecule has 0 N–H and O–H groups in total. The molecular weight excluding hydrogens is 271 g/mol. The molecule has 2 aromatic carbocycles. The van der Waals surface area contributed by atoms with Gasteiger partial charge in [-0.2, -0.15) is 0 Å². The van der Waals surface area contributed by atoms with Gasteiger partial charge in [0.15, 0.2) is 0 Å². The molecule has 0 saturated heterocycles. The lowest BCUT2D eigenvalue weighted by Crippen LogP contribution is -1.90. The predicted octanol–water partition coefficient (Wildman–Crippen LogP) is 4.26. The van der Waals surface area contributed by atoms with Gasteiger partial charge in [-0.25, -0.2) is 4.39 Å². The zero-order valence-electron chi connectivity index (χ0n) is 8.71. The van der Waals surface area contributed by atoms with Crippen LogP contribution in [0.25, 0.3) is 11.1 Å². The number of methoxy groups -OCH3 is 1. The van der Waals surface area contributed by atoms with Crippen molar-refractivity contribution >= 4 is 15.9 Å². The number of hydrogen-bond acceptors (Lipinski definition) is 1. The predicted molar refractivity (Wildman–Crippen MR) is 66.1 cm³/mol. The fraction of sp³-hybridized carbons (Fsp3) is 0.0769. The second-order valence-electron chi connectivity index (χ2n) is 3.30. The maximum atomic E-state index is 13.9. The first kappa shape index (κ1) is 11.1. The molecule has 0 aromatic heterocycles. The molecule has 2 rings (SSSR count). The highest BCUT2D eigenvalue weighted by molar-refractivity contribution is 9.10. The Hall–Kier alpha value is -1.35. The van der Waals surface area contributed by atoms with Crippen LogP contribution < -0.4 is 4.74 Å². The molecule has 0 fully saturated rings. The minimum atomic E-state index is -0.271. The third-order valence-electron chi connectivity index (χ3n) is 2.35. The number of benzene rings is 2. The van der Waals surface area contributed by atoms with E-state index in [-0.39, 0.29) is 5.82 Å². The van der Waals surface area contributed by atoms with Crippen LogP contribution in [0.4, 0.5) is 4.39 Å². The van der Waals surface area contributed by atoms with Crippen LogP contribution in [0.1, 0.15) is 0 Å². The third kappa shape index (κ3) is 1.95. The smallest absolute Gasteiger partial charge is 0.145 e. The lowest BCUT2D eigenvalue weighted by Gasteiger charge is -2.09. The topological polar surface area (TPSA) is 9.23 Å². The van der Waals surface area contributed by atoms with Crippen LogP contribution in [0.2, 0.25) is 0 Å². The molecule has 0 radical (unpaired) electrons. The van der Waals surface area contributed by atoms with Gasteiger partial charge in [0.1, 0.15) is 11.6 Å². The zero-order valence-corrected chi connectivity index (χ0v) is 10.3. The van der Waals surface area contributed by atoms with Crippen molar-refractivity contribution in [2.24, 2.45) is 0 Å². The Morgan fingerprint density at radius 2 is 1.69 bits per heavy atom. The van der Waals surface area contributed by atoms with Crippen LogP contribution in [-0.4, -0.2) is 7.11 Å². The van der Waals surface area contributed by atoms with Gasteiger partial charge in [0.05, 0.1) is 11.6 Å². The van der Waals surface area contributed by atoms with Gasteiger partial charge in [-0.1, -0.05) is 30.3 Å². The average Bonchev–Trinajstić information content (AvgIpc) is 2.33. The quantitative estimate of drug-likeness (QED) is 0.799. The summed E-state index contributed by atoms with van der Waals surface area (Å²) < 4.78 is 19.6. The van der Waals surface area contributed by atoms with E-state index in [0.717, 1.165) is 5.56 Å². The Labute approximate surface area is 102 Å². The van der Waals surface area contributed by atoms with Gasteiger partial charge >= 0.3 is 0 Å². The molecule has 0 aliphatic heterocycles. The molecule has 0 bridgehead atoms. The van der Waals surface area contributed by atoms with Crippen molar-refractivity contribution in [2.45, 2.75) is 0 Å². The number of para-hydroxylation sites is 1. The Morgan fingerprint density at radius 1 is 1.00 bits per heavy atom. The summed E-state index contributed by atoms with van der Waals surface area (Å²) in [5.74, 6) is 0.395. The van der Waals surface area contributed by atoms with Crippen LogP contribution >= 0.6 is 15.9 Å². The van der Waals surface area contributed by atoms with E-state index in [1.807, 2.05) is 24.3 Å². The Bertz CT molecular complexity index is 511. The van der Waals surface area contributed by atoms with Gasteiger partial charge in [-0.3, -0.25) is 0 Å². The van der Waals surface area contributed by atoms with E-state index < -0.39 is 0 Å². The van der Waals surface area contributed by atoms with Crippen molar-refractivity contribution in [3.63, 3.8) is 0 Å². The van der Waals surface area contributed by atoms with E-state index in [1.54, 1.807) is 25.3 Å². The minimum Gasteiger partial charge on any atom is -0.496 e. The van der Waals surface area contributed by atoms with Crippen LogP contribution in [0, 0.1) is 5.82 Å². The van der Waals surface area contributed by atoms with Crippen LogP contribution in [-0.2, 0) is 0 Å². The maximum absolute atomic E-state index is 13.9. The van der Waals surface area contributed by atoms with Crippen LogP contribution in [0.15, 0.2) is 46.9 Å². The highest BCUT2D eigenvalue weighted by Gasteiger charge is 2.11. The summed E-state index contributed by atoms with van der Waals surface area (Å²) in [4.78, 5) is 0. The average molecular weight is 281 g/mol. The fourth-order valence-corrected chi connectivity index (χ4v) is 1.95. The normalized spacial score (nSPS) is 10.2. The van der Waals surface area contributed by atoms with Crippen molar-refractivity contribution in [1.82, 2.24) is 0 Å². The van der Waals surface area contributed by atoms with Gasteiger partial charge in [0.25, 0.3) is 0 Å². The molecule has 2 aromatic rings. The molecule has 3 heteroatoms. The molecule has 0 aliphatic rings. The summed E-state index contributed by atoms with van der Waals surface area (Å²) in [7, 11) is 1.58. The molecule has 16 heavy (non-hydrogen) atoms. The molecule has 0 amide bonds. The summed E-state index contributed by atoms with van der Waals surface area (Å²) in [6.45, 7) is 0. The lowest BCUT2D eigenvalue weighted by atomic mass is 10.0. The van der Waals surface area contributed by atoms with Crippen molar-refractivity contribution in [1.29, 1.82) is 0 Å². The summed E-state index contributed by atoms with van der Waals surface area (Å²) in [5, 5.41) is 0. The highest BCUT2D eigenvalue weighted by Crippen LogP contribution is 2.33. The zero-order chi connectivity index (χ0) is 11.5. The summed E-state index contributed by atoms with van der Waals surface area (Å²) in [6.07, 6.45) is 0. The maximum Gasteiger partial charge on any atom is 0.145 e. The summed E-state index contributed by atoms with van der Waals surface area (Å²) >= 11 is 3.17. The lowest BCUT2D eigenvalue weighted by molar-refractivity contribution is 0.416. The van der Waals surface area contributed by atoms with Gasteiger partial charge in [-0.05, 0) is 28.1 Å². The first-order chi connectivity index (χ1) is 7.74. The van der Waals surface area contributed by atoms with E-state index >= 15 is 0 Å². The Kier molecular flexibility index (Phi) is 3.25. The third-order valence-corrected chi connectivity index (χ3v) is 2.96. The Balaban J connectivity index is 2.63. The van der Waals surface area contributed by atoms with Gasteiger partial charge < -0.3 is 4.74 Å². The minimum absolute atomic E-state index is 0.271. The highest BCUT2D eigenvalue weighted by atomic mass is 79.9. The van der Waals surface area contributed by atoms with E-state index in [9.17, 15) is 4.39 Å². The Morgan fingerprint density at radius 3 is 2.44 bits per heavy atom. The molecule has 0 spiro atoms. The van der Waals surface area contributed by atoms with Gasteiger partial charge in [-0.15, -0.1) is 0 Å². The van der Waals surface area contributed by atoms with Crippen molar-refractivity contribution in [3.8, 4) is 16.9 Å². The molecule has 82 valence electrons. The monoisotopic (exact) mass is 280 g/mol. The first-order valence-corrected chi connectivity index (χ1v) is 5.60. The van der Waals surface area contributed by atoms with Crippen LogP contribution in [0.3, 0.4) is 0 Å². The van der Waals surface area contributed by atoms with Crippen molar-refractivity contribution in [3.05, 3.63) is 52.8 Å². The fourth-order valence-electron chi connectivity index (χ4n) is 1.58. The summed E-state index contributed by atoms with van der Waals surface area (Å²) in [5.41, 5.74) is 1.29. The van der Waals surface area contributed by atoms with E-state index in [2.05, 4.69) is 15.9 Å². The molecule has 0 saturated carbocycles. The largest absolute Gasteiger partial charge is 0.496 e. The molecule has 0 atom stereocenters. The number of rotatable bonds is 2. The number of halogens is 2. The molecule has 0 unspecified atom stereocenters. The van der Waals surface area contributed by atoms with Gasteiger partial charge in [0.2, 0.25) is 0 Å². The van der Waals surface area contributed by atoms with Gasteiger partial charge in [0, 0.05) is 11.1 Å². The van der Waals surface area contributed by atoms with E-state index in [0.29, 0.717) is 15.8 Å².